The summed E-state index contributed by atoms with van der Waals surface area (Å²) in [6.07, 6.45) is 2.47. The van der Waals surface area contributed by atoms with Gasteiger partial charge in [0, 0.05) is 11.9 Å². The Balaban J connectivity index is 2.05. The maximum Gasteiger partial charge on any atom is 0.202 e. The molecule has 0 amide bonds. The number of methoxy groups -OCH3 is 1. The van der Waals surface area contributed by atoms with Gasteiger partial charge in [0.05, 0.1) is 18.7 Å². The topological polar surface area (TPSA) is 79.9 Å². The van der Waals surface area contributed by atoms with Gasteiger partial charge in [-0.05, 0) is 68.7 Å². The van der Waals surface area contributed by atoms with Crippen LogP contribution in [0.5, 0.6) is 5.75 Å². The third-order valence-electron chi connectivity index (χ3n) is 4.36. The van der Waals surface area contributed by atoms with Crippen molar-refractivity contribution in [2.75, 3.05) is 21.2 Å². The first kappa shape index (κ1) is 19.9. The molecule has 3 aromatic rings. The van der Waals surface area contributed by atoms with Gasteiger partial charge >= 0.3 is 0 Å². The molecule has 0 aliphatic rings. The van der Waals surface area contributed by atoms with Crippen LogP contribution in [0.3, 0.4) is 0 Å². The Kier molecular flexibility index (Phi) is 6.29. The first-order chi connectivity index (χ1) is 13.6. The number of hydrogen-bond acceptors (Lipinski definition) is 7. The highest BCUT2D eigenvalue weighted by Gasteiger charge is 2.23. The van der Waals surface area contributed by atoms with E-state index in [4.69, 9.17) is 10.00 Å². The molecule has 8 heteroatoms. The molecule has 0 N–H and O–H groups in total. The van der Waals surface area contributed by atoms with E-state index in [0.29, 0.717) is 5.56 Å². The van der Waals surface area contributed by atoms with Crippen molar-refractivity contribution >= 4 is 11.8 Å². The first-order valence-electron chi connectivity index (χ1n) is 8.87. The van der Waals surface area contributed by atoms with Crippen molar-refractivity contribution in [1.82, 2.24) is 24.6 Å². The summed E-state index contributed by atoms with van der Waals surface area (Å²) in [5, 5.41) is 19.4. The van der Waals surface area contributed by atoms with Crippen LogP contribution < -0.4 is 4.74 Å². The largest absolute Gasteiger partial charge is 0.497 e. The molecule has 0 fully saturated rings. The van der Waals surface area contributed by atoms with Crippen molar-refractivity contribution in [2.24, 2.45) is 0 Å². The Morgan fingerprint density at radius 1 is 1.18 bits per heavy atom. The number of nitrogens with zero attached hydrogens (tertiary/aromatic N) is 6. The van der Waals surface area contributed by atoms with Gasteiger partial charge in [-0.1, -0.05) is 6.92 Å². The van der Waals surface area contributed by atoms with Gasteiger partial charge in [-0.2, -0.15) is 5.26 Å². The summed E-state index contributed by atoms with van der Waals surface area (Å²) >= 11 is 1.42. The van der Waals surface area contributed by atoms with Gasteiger partial charge in [0.1, 0.15) is 16.8 Å². The summed E-state index contributed by atoms with van der Waals surface area (Å²) in [7, 11) is 5.72. The maximum absolute atomic E-state index is 8.96. The molecule has 1 atom stereocenters. The highest BCUT2D eigenvalue weighted by Crippen LogP contribution is 2.32. The minimum atomic E-state index is 0.123. The zero-order chi connectivity index (χ0) is 20.1. The van der Waals surface area contributed by atoms with Crippen LogP contribution in [0.4, 0.5) is 0 Å². The standard InChI is InChI=1S/C20H22N6OS/c1-5-17(25(2)3)19-23-24-20(28-18-11-6-14(12-21)13-22-18)26(19)15-7-9-16(27-4)10-8-15/h6-11,13,17H,5H2,1-4H3/t17-/m1/s1. The summed E-state index contributed by atoms with van der Waals surface area (Å²) in [5.74, 6) is 1.66. The molecule has 0 radical (unpaired) electrons. The van der Waals surface area contributed by atoms with E-state index in [1.54, 1.807) is 19.4 Å². The van der Waals surface area contributed by atoms with Crippen LogP contribution in [0.1, 0.15) is 30.8 Å². The van der Waals surface area contributed by atoms with Crippen molar-refractivity contribution in [3.8, 4) is 17.5 Å². The van der Waals surface area contributed by atoms with Crippen LogP contribution in [-0.2, 0) is 0 Å². The summed E-state index contributed by atoms with van der Waals surface area (Å²) in [6.45, 7) is 2.13. The average Bonchev–Trinajstić information content (AvgIpc) is 3.12. The van der Waals surface area contributed by atoms with Gasteiger partial charge < -0.3 is 4.74 Å². The van der Waals surface area contributed by atoms with Gasteiger partial charge in [-0.15, -0.1) is 10.2 Å². The van der Waals surface area contributed by atoms with Crippen molar-refractivity contribution in [3.63, 3.8) is 0 Å². The SMILES string of the molecule is CC[C@H](c1nnc(Sc2ccc(C#N)cn2)n1-c1ccc(OC)cc1)N(C)C. The van der Waals surface area contributed by atoms with Crippen LogP contribution in [0.25, 0.3) is 5.69 Å². The Morgan fingerprint density at radius 2 is 1.93 bits per heavy atom. The van der Waals surface area contributed by atoms with Crippen LogP contribution in [-0.4, -0.2) is 45.9 Å². The third-order valence-corrected chi connectivity index (χ3v) is 5.26. The van der Waals surface area contributed by atoms with E-state index in [1.165, 1.54) is 11.8 Å². The molecule has 0 unspecified atom stereocenters. The van der Waals surface area contributed by atoms with Crippen molar-refractivity contribution in [3.05, 3.63) is 54.0 Å². The lowest BCUT2D eigenvalue weighted by atomic mass is 10.2. The molecule has 0 bridgehead atoms. The highest BCUT2D eigenvalue weighted by atomic mass is 32.2. The van der Waals surface area contributed by atoms with Gasteiger partial charge in [0.2, 0.25) is 5.16 Å². The minimum Gasteiger partial charge on any atom is -0.497 e. The Bertz CT molecular complexity index is 960. The number of ether oxygens (including phenoxy) is 1. The quantitative estimate of drug-likeness (QED) is 0.604. The Hall–Kier alpha value is -2.89. The van der Waals surface area contributed by atoms with E-state index in [0.717, 1.165) is 33.9 Å². The molecule has 28 heavy (non-hydrogen) atoms. The molecular weight excluding hydrogens is 372 g/mol. The lowest BCUT2D eigenvalue weighted by molar-refractivity contribution is 0.276. The number of nitriles is 1. The second-order valence-corrected chi connectivity index (χ2v) is 7.35. The summed E-state index contributed by atoms with van der Waals surface area (Å²) in [6, 6.07) is 13.6. The van der Waals surface area contributed by atoms with Gasteiger partial charge in [-0.3, -0.25) is 9.47 Å². The minimum absolute atomic E-state index is 0.123. The summed E-state index contributed by atoms with van der Waals surface area (Å²) in [4.78, 5) is 6.48. The monoisotopic (exact) mass is 394 g/mol. The normalized spacial score (nSPS) is 12.0. The molecule has 1 aromatic carbocycles. The number of hydrogen-bond donors (Lipinski definition) is 0. The van der Waals surface area contributed by atoms with Crippen molar-refractivity contribution < 1.29 is 4.74 Å². The van der Waals surface area contributed by atoms with Gasteiger partial charge in [0.15, 0.2) is 5.82 Å². The number of benzene rings is 1. The Labute approximate surface area is 169 Å². The van der Waals surface area contributed by atoms with Crippen LogP contribution >= 0.6 is 11.8 Å². The molecule has 0 aliphatic carbocycles. The Morgan fingerprint density at radius 3 is 2.46 bits per heavy atom. The second-order valence-electron chi connectivity index (χ2n) is 6.36. The van der Waals surface area contributed by atoms with E-state index < -0.39 is 0 Å². The van der Waals surface area contributed by atoms with Crippen molar-refractivity contribution in [2.45, 2.75) is 29.6 Å². The van der Waals surface area contributed by atoms with Crippen LogP contribution in [0.15, 0.2) is 52.8 Å². The van der Waals surface area contributed by atoms with E-state index in [2.05, 4.69) is 37.6 Å². The molecule has 3 rings (SSSR count). The fraction of sp³-hybridized carbons (Fsp3) is 0.300. The lowest BCUT2D eigenvalue weighted by Gasteiger charge is -2.23. The predicted molar refractivity (Wildman–Crippen MR) is 108 cm³/mol. The zero-order valence-electron chi connectivity index (χ0n) is 16.3. The molecule has 0 aliphatic heterocycles. The molecule has 7 nitrogen and oxygen atoms in total. The molecule has 2 heterocycles. The highest BCUT2D eigenvalue weighted by molar-refractivity contribution is 7.99. The van der Waals surface area contributed by atoms with E-state index >= 15 is 0 Å². The van der Waals surface area contributed by atoms with Crippen LogP contribution in [0.2, 0.25) is 0 Å². The smallest absolute Gasteiger partial charge is 0.202 e. The summed E-state index contributed by atoms with van der Waals surface area (Å²) in [5.41, 5.74) is 1.48. The maximum atomic E-state index is 8.96. The van der Waals surface area contributed by atoms with Crippen LogP contribution in [0, 0.1) is 11.3 Å². The lowest BCUT2D eigenvalue weighted by Crippen LogP contribution is -2.22. The number of rotatable bonds is 7. The summed E-state index contributed by atoms with van der Waals surface area (Å²) < 4.78 is 7.33. The average molecular weight is 395 g/mol. The first-order valence-corrected chi connectivity index (χ1v) is 9.69. The fourth-order valence-corrected chi connectivity index (χ4v) is 3.72. The fourth-order valence-electron chi connectivity index (χ4n) is 2.92. The van der Waals surface area contributed by atoms with Gasteiger partial charge in [-0.25, -0.2) is 4.98 Å². The molecule has 0 saturated carbocycles. The number of aromatic nitrogens is 4. The van der Waals surface area contributed by atoms with Gasteiger partial charge in [0.25, 0.3) is 0 Å². The molecule has 0 saturated heterocycles. The van der Waals surface area contributed by atoms with Crippen molar-refractivity contribution in [1.29, 1.82) is 5.26 Å². The molecule has 2 aromatic heterocycles. The second kappa shape index (κ2) is 8.87. The molecular formula is C20H22N6OS. The van der Waals surface area contributed by atoms with E-state index in [-0.39, 0.29) is 6.04 Å². The molecule has 0 spiro atoms. The zero-order valence-corrected chi connectivity index (χ0v) is 17.1. The van der Waals surface area contributed by atoms with E-state index in [1.807, 2.05) is 44.4 Å². The molecule has 144 valence electrons. The third kappa shape index (κ3) is 4.16. The van der Waals surface area contributed by atoms with E-state index in [9.17, 15) is 0 Å². The predicted octanol–water partition coefficient (Wildman–Crippen LogP) is 3.71. The number of pyridine rings is 1.